The molecule has 8 bridgehead atoms. The molecule has 140 valence electrons. The van der Waals surface area contributed by atoms with E-state index in [1.807, 2.05) is 0 Å². The molecule has 29 heavy (non-hydrogen) atoms. The first kappa shape index (κ1) is 19.5. The van der Waals surface area contributed by atoms with Crippen LogP contribution in [0.5, 0.6) is 0 Å². The van der Waals surface area contributed by atoms with Gasteiger partial charge >= 0.3 is 0 Å². The Kier molecular flexibility index (Phi) is 4.88. The maximum Gasteiger partial charge on any atom is 0.0687 e. The normalized spacial score (nSPS) is 12.3. The molecule has 0 atom stereocenters. The minimum absolute atomic E-state index is 0. The van der Waals surface area contributed by atoms with Crippen LogP contribution in [0, 0.1) is 20.8 Å². The molecule has 0 aliphatic carbocycles. The maximum atomic E-state index is 4.85. The van der Waals surface area contributed by atoms with Gasteiger partial charge in [-0.2, -0.15) is 0 Å². The van der Waals surface area contributed by atoms with Crippen LogP contribution in [0.15, 0.2) is 30.3 Å². The van der Waals surface area contributed by atoms with Crippen LogP contribution < -0.4 is 0 Å². The fourth-order valence-electron chi connectivity index (χ4n) is 4.13. The summed E-state index contributed by atoms with van der Waals surface area (Å²) in [4.78, 5) is 13.0. The van der Waals surface area contributed by atoms with Crippen LogP contribution in [-0.2, 0) is 26.5 Å². The van der Waals surface area contributed by atoms with Crippen LogP contribution in [0.4, 0.5) is 0 Å². The molecule has 3 aromatic rings. The predicted molar refractivity (Wildman–Crippen MR) is 118 cm³/mol. The summed E-state index contributed by atoms with van der Waals surface area (Å²) in [5.41, 5.74) is 12.1. The van der Waals surface area contributed by atoms with E-state index in [4.69, 9.17) is 9.97 Å². The van der Waals surface area contributed by atoms with Crippen molar-refractivity contribution in [3.8, 4) is 0 Å². The number of H-pyrrole nitrogens is 1. The summed E-state index contributed by atoms with van der Waals surface area (Å²) in [6, 6.07) is 10.4. The first-order valence-corrected chi connectivity index (χ1v) is 9.50. The van der Waals surface area contributed by atoms with E-state index in [2.05, 4.69) is 92.0 Å². The van der Waals surface area contributed by atoms with Gasteiger partial charge in [-0.25, -0.2) is 9.97 Å². The molecule has 0 saturated heterocycles. The quantitative estimate of drug-likeness (QED) is 0.325. The summed E-state index contributed by atoms with van der Waals surface area (Å²) in [7, 11) is 2.12. The number of hydrogen-bond acceptors (Lipinski definition) is 2. The Balaban J connectivity index is 0.00000205. The average Bonchev–Trinajstić information content (AvgIpc) is 3.43. The van der Waals surface area contributed by atoms with E-state index < -0.39 is 0 Å². The third-order valence-corrected chi connectivity index (χ3v) is 5.71. The molecule has 4 nitrogen and oxygen atoms in total. The summed E-state index contributed by atoms with van der Waals surface area (Å²) in [6.07, 6.45) is 8.31. The summed E-state index contributed by atoms with van der Waals surface area (Å²) in [5, 5.41) is 0. The van der Waals surface area contributed by atoms with Crippen molar-refractivity contribution in [2.24, 2.45) is 7.05 Å². The van der Waals surface area contributed by atoms with Crippen LogP contribution in [0.3, 0.4) is 0 Å². The topological polar surface area (TPSA) is 46.5 Å². The summed E-state index contributed by atoms with van der Waals surface area (Å²) in [5.74, 6) is 0. The second-order valence-electron chi connectivity index (χ2n) is 7.52. The number of rotatable bonds is 0. The Bertz CT molecular complexity index is 1350. The number of nitrogens with one attached hydrogen (secondary N) is 1. The molecule has 2 aliphatic heterocycles. The Morgan fingerprint density at radius 1 is 0.724 bits per heavy atom. The van der Waals surface area contributed by atoms with Gasteiger partial charge in [-0.05, 0) is 92.1 Å². The van der Waals surface area contributed by atoms with E-state index in [1.54, 1.807) is 0 Å². The first-order valence-electron chi connectivity index (χ1n) is 9.50. The SMILES string of the molecule is Cc1c(C)c2c(C)c3nc(cc4ccc(cc5nc(cc1n2C)C=C5)[nH]4)C=C3.[Zn]. The van der Waals surface area contributed by atoms with Crippen molar-refractivity contribution in [1.82, 2.24) is 19.5 Å². The molecule has 0 saturated carbocycles. The molecule has 0 spiro atoms. The largest absolute Gasteiger partial charge is 0.355 e. The molecule has 0 aromatic carbocycles. The van der Waals surface area contributed by atoms with E-state index in [9.17, 15) is 0 Å². The minimum Gasteiger partial charge on any atom is -0.355 e. The third kappa shape index (κ3) is 3.30. The fraction of sp³-hybridized carbons (Fsp3) is 0.167. The maximum absolute atomic E-state index is 4.85. The zero-order valence-corrected chi connectivity index (χ0v) is 20.2. The Hall–Kier alpha value is -2.78. The minimum atomic E-state index is 0. The van der Waals surface area contributed by atoms with Crippen LogP contribution in [0.25, 0.3) is 46.4 Å². The number of hydrogen-bond donors (Lipinski definition) is 1. The molecule has 0 radical (unpaired) electrons. The van der Waals surface area contributed by atoms with Gasteiger partial charge in [0.05, 0.1) is 22.8 Å². The molecule has 5 heteroatoms. The van der Waals surface area contributed by atoms with Gasteiger partial charge in [0.25, 0.3) is 0 Å². The van der Waals surface area contributed by atoms with Crippen LogP contribution in [0.2, 0.25) is 0 Å². The Morgan fingerprint density at radius 3 is 2.00 bits per heavy atom. The molecule has 0 fully saturated rings. The number of aromatic nitrogens is 4. The zero-order valence-electron chi connectivity index (χ0n) is 17.2. The second-order valence-corrected chi connectivity index (χ2v) is 7.52. The Labute approximate surface area is 182 Å². The third-order valence-electron chi connectivity index (χ3n) is 5.71. The molecule has 0 amide bonds. The van der Waals surface area contributed by atoms with Gasteiger partial charge in [-0.1, -0.05) is 0 Å². The summed E-state index contributed by atoms with van der Waals surface area (Å²) >= 11 is 0. The molecule has 5 heterocycles. The van der Waals surface area contributed by atoms with E-state index in [0.717, 1.165) is 33.8 Å². The van der Waals surface area contributed by atoms with Gasteiger partial charge in [0.1, 0.15) is 0 Å². The number of fused-ring (bicyclic) bond motifs is 8. The van der Waals surface area contributed by atoms with E-state index in [-0.39, 0.29) is 19.5 Å². The van der Waals surface area contributed by atoms with Crippen molar-refractivity contribution in [2.75, 3.05) is 0 Å². The van der Waals surface area contributed by atoms with Crippen molar-refractivity contribution in [2.45, 2.75) is 20.8 Å². The summed E-state index contributed by atoms with van der Waals surface area (Å²) < 4.78 is 2.26. The van der Waals surface area contributed by atoms with E-state index in [0.29, 0.717) is 0 Å². The van der Waals surface area contributed by atoms with Crippen LogP contribution in [0.1, 0.15) is 39.5 Å². The van der Waals surface area contributed by atoms with Crippen LogP contribution >= 0.6 is 0 Å². The van der Waals surface area contributed by atoms with Gasteiger partial charge in [0.2, 0.25) is 0 Å². The first-order chi connectivity index (χ1) is 13.5. The molecule has 1 N–H and O–H groups in total. The fourth-order valence-corrected chi connectivity index (χ4v) is 4.13. The van der Waals surface area contributed by atoms with Gasteiger partial charge in [-0.3, -0.25) is 0 Å². The van der Waals surface area contributed by atoms with Gasteiger partial charge in [0, 0.05) is 48.6 Å². The molecule has 0 unspecified atom stereocenters. The van der Waals surface area contributed by atoms with E-state index in [1.165, 1.54) is 27.7 Å². The van der Waals surface area contributed by atoms with Gasteiger partial charge in [-0.15, -0.1) is 0 Å². The van der Waals surface area contributed by atoms with Crippen molar-refractivity contribution in [1.29, 1.82) is 0 Å². The van der Waals surface area contributed by atoms with E-state index >= 15 is 0 Å². The van der Waals surface area contributed by atoms with Crippen molar-refractivity contribution in [3.63, 3.8) is 0 Å². The number of aryl methyl sites for hydroxylation is 4. The monoisotopic (exact) mass is 430 g/mol. The van der Waals surface area contributed by atoms with Crippen LogP contribution in [-0.4, -0.2) is 19.5 Å². The molecule has 5 rings (SSSR count). The number of nitrogens with zero attached hydrogens (tertiary/aromatic N) is 3. The van der Waals surface area contributed by atoms with Gasteiger partial charge in [0.15, 0.2) is 0 Å². The zero-order chi connectivity index (χ0) is 19.4. The predicted octanol–water partition coefficient (Wildman–Crippen LogP) is 5.59. The van der Waals surface area contributed by atoms with Crippen molar-refractivity contribution >= 4 is 46.4 Å². The average molecular weight is 432 g/mol. The molecule has 2 aliphatic rings. The smallest absolute Gasteiger partial charge is 0.0687 e. The second kappa shape index (κ2) is 7.24. The molecular formula is C24H22N4Zn. The number of aromatic amines is 1. The standard InChI is InChI=1S/C24H22N4.Zn/c1-14-15(2)24-16(3)22-10-9-20(27-22)12-19-6-5-17(25-19)11-18-7-8-21(26-18)13-23(14)28(24)4;/h5-13,25H,1-4H3;. The van der Waals surface area contributed by atoms with Crippen molar-refractivity contribution in [3.05, 3.63) is 69.8 Å². The van der Waals surface area contributed by atoms with Gasteiger partial charge < -0.3 is 9.55 Å². The molecule has 3 aromatic heterocycles. The Morgan fingerprint density at radius 2 is 1.31 bits per heavy atom. The summed E-state index contributed by atoms with van der Waals surface area (Å²) in [6.45, 7) is 6.52. The molecular weight excluding hydrogens is 410 g/mol. The van der Waals surface area contributed by atoms with Crippen molar-refractivity contribution < 1.29 is 19.5 Å².